The van der Waals surface area contributed by atoms with E-state index in [1.807, 2.05) is 0 Å². The van der Waals surface area contributed by atoms with E-state index >= 15 is 0 Å². The molecule has 2 N–H and O–H groups in total. The van der Waals surface area contributed by atoms with Crippen molar-refractivity contribution >= 4 is 12.4 Å². The summed E-state index contributed by atoms with van der Waals surface area (Å²) in [4.78, 5) is 2.55. The van der Waals surface area contributed by atoms with Gasteiger partial charge in [0.2, 0.25) is 0 Å². The van der Waals surface area contributed by atoms with Gasteiger partial charge in [0.25, 0.3) is 0 Å². The third kappa shape index (κ3) is 3.73. The van der Waals surface area contributed by atoms with Crippen LogP contribution in [0.3, 0.4) is 0 Å². The van der Waals surface area contributed by atoms with Crippen molar-refractivity contribution in [3.05, 3.63) is 35.9 Å². The van der Waals surface area contributed by atoms with E-state index in [1.54, 1.807) is 0 Å². The molecule has 0 aliphatic carbocycles. The van der Waals surface area contributed by atoms with E-state index in [2.05, 4.69) is 35.2 Å². The Hall–Kier alpha value is -0.610. The first kappa shape index (κ1) is 15.8. The summed E-state index contributed by atoms with van der Waals surface area (Å²) in [5, 5.41) is 0. The third-order valence-electron chi connectivity index (χ3n) is 4.53. The summed E-state index contributed by atoms with van der Waals surface area (Å²) in [6.45, 7) is 5.22. The molecule has 1 aromatic carbocycles. The normalized spacial score (nSPS) is 28.2. The maximum absolute atomic E-state index is 6.34. The molecule has 4 heteroatoms. The summed E-state index contributed by atoms with van der Waals surface area (Å²) in [7, 11) is 0. The lowest BCUT2D eigenvalue weighted by Crippen LogP contribution is -2.33. The fourth-order valence-corrected chi connectivity index (χ4v) is 3.41. The van der Waals surface area contributed by atoms with Gasteiger partial charge in [0.15, 0.2) is 0 Å². The van der Waals surface area contributed by atoms with Gasteiger partial charge in [-0.25, -0.2) is 0 Å². The van der Waals surface area contributed by atoms with Crippen molar-refractivity contribution in [3.8, 4) is 0 Å². The minimum Gasteiger partial charge on any atom is -0.381 e. The molecule has 0 aromatic heterocycles. The lowest BCUT2D eigenvalue weighted by atomic mass is 9.95. The fraction of sp³-hybridized carbons (Fsp3) is 0.625. The van der Waals surface area contributed by atoms with E-state index in [1.165, 1.54) is 24.9 Å². The van der Waals surface area contributed by atoms with Gasteiger partial charge >= 0.3 is 0 Å². The first-order chi connectivity index (χ1) is 9.33. The number of hydrogen-bond donors (Lipinski definition) is 1. The van der Waals surface area contributed by atoms with Gasteiger partial charge < -0.3 is 15.4 Å². The second-order valence-electron chi connectivity index (χ2n) is 5.96. The molecule has 0 amide bonds. The molecule has 0 saturated carbocycles. The number of benzene rings is 1. The van der Waals surface area contributed by atoms with Crippen LogP contribution >= 0.6 is 12.4 Å². The first-order valence-corrected chi connectivity index (χ1v) is 7.43. The van der Waals surface area contributed by atoms with Gasteiger partial charge in [0.05, 0.1) is 0 Å². The number of halogens is 1. The Morgan fingerprint density at radius 2 is 1.80 bits per heavy atom. The van der Waals surface area contributed by atoms with Crippen LogP contribution in [0.25, 0.3) is 0 Å². The maximum atomic E-state index is 6.34. The summed E-state index contributed by atoms with van der Waals surface area (Å²) in [5.41, 5.74) is 7.73. The number of nitrogens with zero attached hydrogens (tertiary/aromatic N) is 1. The van der Waals surface area contributed by atoms with Gasteiger partial charge in [-0.1, -0.05) is 30.3 Å². The van der Waals surface area contributed by atoms with Gasteiger partial charge in [0.1, 0.15) is 0 Å². The van der Waals surface area contributed by atoms with Crippen LogP contribution in [-0.4, -0.2) is 43.8 Å². The number of ether oxygens (including phenoxy) is 1. The molecule has 3 rings (SSSR count). The second-order valence-corrected chi connectivity index (χ2v) is 5.96. The Labute approximate surface area is 127 Å². The van der Waals surface area contributed by atoms with Crippen LogP contribution in [-0.2, 0) is 4.74 Å². The van der Waals surface area contributed by atoms with Crippen LogP contribution < -0.4 is 5.73 Å². The van der Waals surface area contributed by atoms with Crippen LogP contribution in [0.5, 0.6) is 0 Å². The van der Waals surface area contributed by atoms with E-state index < -0.39 is 0 Å². The predicted octanol–water partition coefficient (Wildman–Crippen LogP) is 2.26. The summed E-state index contributed by atoms with van der Waals surface area (Å²) < 4.78 is 5.43. The van der Waals surface area contributed by atoms with Crippen molar-refractivity contribution in [2.24, 2.45) is 11.7 Å². The Morgan fingerprint density at radius 3 is 2.50 bits per heavy atom. The zero-order valence-corrected chi connectivity index (χ0v) is 12.7. The molecule has 2 aliphatic rings. The molecule has 0 radical (unpaired) electrons. The highest BCUT2D eigenvalue weighted by Gasteiger charge is 2.32. The highest BCUT2D eigenvalue weighted by Crippen LogP contribution is 2.28. The molecular formula is C16H25ClN2O. The summed E-state index contributed by atoms with van der Waals surface area (Å²) in [6, 6.07) is 11.0. The molecule has 0 spiro atoms. The van der Waals surface area contributed by atoms with Gasteiger partial charge in [0, 0.05) is 44.8 Å². The highest BCUT2D eigenvalue weighted by molar-refractivity contribution is 5.85. The predicted molar refractivity (Wildman–Crippen MR) is 84.4 cm³/mol. The first-order valence-electron chi connectivity index (χ1n) is 7.43. The van der Waals surface area contributed by atoms with E-state index in [-0.39, 0.29) is 18.4 Å². The number of likely N-dealkylation sites (tertiary alicyclic amines) is 1. The minimum absolute atomic E-state index is 0. The quantitative estimate of drug-likeness (QED) is 0.930. The second kappa shape index (κ2) is 7.41. The Kier molecular flexibility index (Phi) is 5.85. The van der Waals surface area contributed by atoms with Gasteiger partial charge in [-0.05, 0) is 24.3 Å². The molecule has 2 atom stereocenters. The van der Waals surface area contributed by atoms with Crippen molar-refractivity contribution < 1.29 is 4.74 Å². The monoisotopic (exact) mass is 296 g/mol. The summed E-state index contributed by atoms with van der Waals surface area (Å²) in [6.07, 6.45) is 2.42. The van der Waals surface area contributed by atoms with E-state index in [0.717, 1.165) is 32.2 Å². The van der Waals surface area contributed by atoms with Crippen molar-refractivity contribution in [1.29, 1.82) is 0 Å². The zero-order chi connectivity index (χ0) is 13.1. The molecule has 0 bridgehead atoms. The Morgan fingerprint density at radius 1 is 1.10 bits per heavy atom. The standard InChI is InChI=1S/C16H24N2O.ClH/c17-16-12-18(10-13-6-8-19-9-7-13)11-15(16)14-4-2-1-3-5-14;/h1-5,13,15-16H,6-12,17H2;1H/t15-,16+;/m0./s1. The molecule has 2 fully saturated rings. The van der Waals surface area contributed by atoms with Crippen LogP contribution in [0.2, 0.25) is 0 Å². The summed E-state index contributed by atoms with van der Waals surface area (Å²) >= 11 is 0. The highest BCUT2D eigenvalue weighted by atomic mass is 35.5. The lowest BCUT2D eigenvalue weighted by molar-refractivity contribution is 0.0552. The van der Waals surface area contributed by atoms with Crippen LogP contribution in [0.15, 0.2) is 30.3 Å². The molecule has 2 saturated heterocycles. The molecule has 112 valence electrons. The maximum Gasteiger partial charge on any atom is 0.0469 e. The van der Waals surface area contributed by atoms with Gasteiger partial charge in [-0.3, -0.25) is 0 Å². The van der Waals surface area contributed by atoms with E-state index in [4.69, 9.17) is 10.5 Å². The van der Waals surface area contributed by atoms with E-state index in [0.29, 0.717) is 5.92 Å². The number of hydrogen-bond acceptors (Lipinski definition) is 3. The van der Waals surface area contributed by atoms with Crippen molar-refractivity contribution in [1.82, 2.24) is 4.90 Å². The average molecular weight is 297 g/mol. The minimum atomic E-state index is 0. The largest absolute Gasteiger partial charge is 0.381 e. The Balaban J connectivity index is 0.00000147. The topological polar surface area (TPSA) is 38.5 Å². The van der Waals surface area contributed by atoms with Crippen LogP contribution in [0, 0.1) is 5.92 Å². The van der Waals surface area contributed by atoms with Gasteiger partial charge in [-0.2, -0.15) is 0 Å². The van der Waals surface area contributed by atoms with Crippen molar-refractivity contribution in [2.75, 3.05) is 32.8 Å². The zero-order valence-electron chi connectivity index (χ0n) is 11.9. The SMILES string of the molecule is Cl.N[C@@H]1CN(CC2CCOCC2)C[C@H]1c1ccccc1. The molecule has 3 nitrogen and oxygen atoms in total. The molecule has 1 aromatic rings. The van der Waals surface area contributed by atoms with Crippen LogP contribution in [0.1, 0.15) is 24.3 Å². The lowest BCUT2D eigenvalue weighted by Gasteiger charge is -2.26. The molecule has 2 aliphatic heterocycles. The molecule has 2 heterocycles. The third-order valence-corrected chi connectivity index (χ3v) is 4.53. The Bertz CT molecular complexity index is 395. The molecule has 20 heavy (non-hydrogen) atoms. The molecule has 0 unspecified atom stereocenters. The van der Waals surface area contributed by atoms with Crippen molar-refractivity contribution in [2.45, 2.75) is 24.8 Å². The molecular weight excluding hydrogens is 272 g/mol. The smallest absolute Gasteiger partial charge is 0.0469 e. The average Bonchev–Trinajstić information content (AvgIpc) is 2.82. The fourth-order valence-electron chi connectivity index (χ4n) is 3.41. The van der Waals surface area contributed by atoms with Gasteiger partial charge in [-0.15, -0.1) is 12.4 Å². The van der Waals surface area contributed by atoms with Crippen molar-refractivity contribution in [3.63, 3.8) is 0 Å². The van der Waals surface area contributed by atoms with E-state index in [9.17, 15) is 0 Å². The number of nitrogens with two attached hydrogens (primary N) is 1. The number of rotatable bonds is 3. The summed E-state index contributed by atoms with van der Waals surface area (Å²) in [5.74, 6) is 1.30. The van der Waals surface area contributed by atoms with Crippen LogP contribution in [0.4, 0.5) is 0 Å².